The molecule has 0 unspecified atom stereocenters. The molecule has 0 bridgehead atoms. The summed E-state index contributed by atoms with van der Waals surface area (Å²) in [6, 6.07) is 0. The van der Waals surface area contributed by atoms with Gasteiger partial charge in [0.2, 0.25) is 0 Å². The van der Waals surface area contributed by atoms with E-state index < -0.39 is 0 Å². The van der Waals surface area contributed by atoms with Crippen LogP contribution in [0, 0.1) is 0 Å². The Morgan fingerprint density at radius 2 is 2.44 bits per heavy atom. The summed E-state index contributed by atoms with van der Waals surface area (Å²) in [6.07, 6.45) is 3.12. The molecule has 2 heterocycles. The number of thiazole rings is 1. The van der Waals surface area contributed by atoms with E-state index in [9.17, 15) is 4.79 Å². The standard InChI is InChI=1S/C11H11ClN4OS/c1-2-3-16-11(17)10(12)9(5-15-16)13-4-8-6-18-7-14-8/h2,5-7,13H,1,3-4H2. The SMILES string of the molecule is C=CCn1ncc(NCc2cscn2)c(Cl)c1=O. The van der Waals surface area contributed by atoms with Crippen molar-refractivity contribution in [2.75, 3.05) is 5.32 Å². The molecule has 2 rings (SSSR count). The largest absolute Gasteiger partial charge is 0.377 e. The highest BCUT2D eigenvalue weighted by Crippen LogP contribution is 2.16. The van der Waals surface area contributed by atoms with Gasteiger partial charge in [-0.05, 0) is 0 Å². The maximum absolute atomic E-state index is 11.8. The third-order valence-corrected chi connectivity index (χ3v) is 3.23. The molecular weight excluding hydrogens is 272 g/mol. The number of allylic oxidation sites excluding steroid dienone is 1. The topological polar surface area (TPSA) is 59.8 Å². The van der Waals surface area contributed by atoms with Gasteiger partial charge in [-0.25, -0.2) is 9.67 Å². The summed E-state index contributed by atoms with van der Waals surface area (Å²) in [7, 11) is 0. The number of hydrogen-bond donors (Lipinski definition) is 1. The fraction of sp³-hybridized carbons (Fsp3) is 0.182. The van der Waals surface area contributed by atoms with E-state index in [1.807, 2.05) is 5.38 Å². The molecule has 7 heteroatoms. The second-order valence-corrected chi connectivity index (χ2v) is 4.58. The van der Waals surface area contributed by atoms with Crippen LogP contribution in [0.25, 0.3) is 0 Å². The molecule has 0 aromatic carbocycles. The Bertz CT molecular complexity index is 594. The van der Waals surface area contributed by atoms with Gasteiger partial charge in [0, 0.05) is 5.38 Å². The number of anilines is 1. The first-order valence-electron chi connectivity index (χ1n) is 5.20. The van der Waals surface area contributed by atoms with E-state index in [-0.39, 0.29) is 10.6 Å². The Morgan fingerprint density at radius 3 is 3.11 bits per heavy atom. The fourth-order valence-electron chi connectivity index (χ4n) is 1.35. The lowest BCUT2D eigenvalue weighted by Crippen LogP contribution is -2.23. The molecule has 0 atom stereocenters. The summed E-state index contributed by atoms with van der Waals surface area (Å²) >= 11 is 7.50. The van der Waals surface area contributed by atoms with E-state index >= 15 is 0 Å². The summed E-state index contributed by atoms with van der Waals surface area (Å²) in [4.78, 5) is 15.9. The summed E-state index contributed by atoms with van der Waals surface area (Å²) in [5, 5.41) is 9.08. The second kappa shape index (κ2) is 5.79. The molecule has 0 aliphatic carbocycles. The molecule has 18 heavy (non-hydrogen) atoms. The number of nitrogens with one attached hydrogen (secondary N) is 1. The quantitative estimate of drug-likeness (QED) is 0.854. The van der Waals surface area contributed by atoms with Gasteiger partial charge in [0.1, 0.15) is 5.02 Å². The van der Waals surface area contributed by atoms with Gasteiger partial charge in [-0.15, -0.1) is 17.9 Å². The summed E-state index contributed by atoms with van der Waals surface area (Å²) < 4.78 is 1.25. The highest BCUT2D eigenvalue weighted by molar-refractivity contribution is 7.07. The Morgan fingerprint density at radius 1 is 1.61 bits per heavy atom. The lowest BCUT2D eigenvalue weighted by molar-refractivity contribution is 0.653. The minimum Gasteiger partial charge on any atom is -0.377 e. The Kier molecular flexibility index (Phi) is 4.11. The number of hydrogen-bond acceptors (Lipinski definition) is 5. The van der Waals surface area contributed by atoms with Crippen molar-refractivity contribution in [2.45, 2.75) is 13.1 Å². The maximum Gasteiger partial charge on any atom is 0.287 e. The molecule has 0 aliphatic heterocycles. The summed E-state index contributed by atoms with van der Waals surface area (Å²) in [5.74, 6) is 0. The van der Waals surface area contributed by atoms with Crippen molar-refractivity contribution < 1.29 is 0 Å². The Balaban J connectivity index is 2.16. The van der Waals surface area contributed by atoms with Crippen LogP contribution >= 0.6 is 22.9 Å². The average molecular weight is 283 g/mol. The molecule has 94 valence electrons. The van der Waals surface area contributed by atoms with Crippen LogP contribution in [0.15, 0.2) is 34.5 Å². The minimum absolute atomic E-state index is 0.127. The van der Waals surface area contributed by atoms with Crippen LogP contribution in [-0.2, 0) is 13.1 Å². The zero-order valence-electron chi connectivity index (χ0n) is 9.47. The smallest absolute Gasteiger partial charge is 0.287 e. The zero-order valence-corrected chi connectivity index (χ0v) is 11.0. The van der Waals surface area contributed by atoms with Gasteiger partial charge < -0.3 is 5.32 Å². The predicted octanol–water partition coefficient (Wildman–Crippen LogP) is 2.15. The molecule has 5 nitrogen and oxygen atoms in total. The molecule has 0 saturated carbocycles. The van der Waals surface area contributed by atoms with Crippen molar-refractivity contribution in [2.24, 2.45) is 0 Å². The van der Waals surface area contributed by atoms with E-state index in [0.717, 1.165) is 5.69 Å². The normalized spacial score (nSPS) is 10.3. The van der Waals surface area contributed by atoms with Crippen LogP contribution in [0.4, 0.5) is 5.69 Å². The predicted molar refractivity (Wildman–Crippen MR) is 73.1 cm³/mol. The Hall–Kier alpha value is -1.66. The second-order valence-electron chi connectivity index (χ2n) is 3.48. The number of aromatic nitrogens is 3. The first-order valence-corrected chi connectivity index (χ1v) is 6.52. The lowest BCUT2D eigenvalue weighted by Gasteiger charge is -2.08. The van der Waals surface area contributed by atoms with Gasteiger partial charge in [-0.1, -0.05) is 17.7 Å². The van der Waals surface area contributed by atoms with Crippen LogP contribution in [0.1, 0.15) is 5.69 Å². The third-order valence-electron chi connectivity index (χ3n) is 2.23. The van der Waals surface area contributed by atoms with Crippen molar-refractivity contribution in [1.29, 1.82) is 0 Å². The van der Waals surface area contributed by atoms with Crippen molar-refractivity contribution >= 4 is 28.6 Å². The molecule has 0 spiro atoms. The van der Waals surface area contributed by atoms with Crippen LogP contribution in [0.3, 0.4) is 0 Å². The molecule has 0 fully saturated rings. The van der Waals surface area contributed by atoms with Gasteiger partial charge in [0.25, 0.3) is 5.56 Å². The van der Waals surface area contributed by atoms with Crippen molar-refractivity contribution in [1.82, 2.24) is 14.8 Å². The van der Waals surface area contributed by atoms with Crippen LogP contribution < -0.4 is 10.9 Å². The van der Waals surface area contributed by atoms with Crippen molar-refractivity contribution in [3.05, 3.63) is 50.8 Å². The first kappa shape index (κ1) is 12.8. The molecule has 0 amide bonds. The molecule has 0 saturated heterocycles. The molecule has 0 radical (unpaired) electrons. The number of nitrogens with zero attached hydrogens (tertiary/aromatic N) is 3. The monoisotopic (exact) mass is 282 g/mol. The van der Waals surface area contributed by atoms with Crippen LogP contribution in [-0.4, -0.2) is 14.8 Å². The fourth-order valence-corrected chi connectivity index (χ4v) is 2.12. The number of rotatable bonds is 5. The van der Waals surface area contributed by atoms with Crippen LogP contribution in [0.5, 0.6) is 0 Å². The highest BCUT2D eigenvalue weighted by Gasteiger charge is 2.08. The van der Waals surface area contributed by atoms with Gasteiger partial charge in [0.15, 0.2) is 0 Å². The van der Waals surface area contributed by atoms with E-state index in [1.165, 1.54) is 22.2 Å². The number of halogens is 1. The zero-order chi connectivity index (χ0) is 13.0. The van der Waals surface area contributed by atoms with E-state index in [0.29, 0.717) is 18.8 Å². The molecular formula is C11H11ClN4OS. The van der Waals surface area contributed by atoms with Crippen LogP contribution in [0.2, 0.25) is 5.02 Å². The molecule has 1 N–H and O–H groups in total. The molecule has 2 aromatic rings. The average Bonchev–Trinajstić information content (AvgIpc) is 2.87. The van der Waals surface area contributed by atoms with Crippen molar-refractivity contribution in [3.63, 3.8) is 0 Å². The van der Waals surface area contributed by atoms with Gasteiger partial charge in [0.05, 0.1) is 36.2 Å². The lowest BCUT2D eigenvalue weighted by atomic mass is 10.4. The highest BCUT2D eigenvalue weighted by atomic mass is 35.5. The first-order chi connectivity index (χ1) is 8.72. The maximum atomic E-state index is 11.8. The van der Waals surface area contributed by atoms with E-state index in [1.54, 1.807) is 11.6 Å². The minimum atomic E-state index is -0.333. The molecule has 0 aliphatic rings. The van der Waals surface area contributed by atoms with Crippen molar-refractivity contribution in [3.8, 4) is 0 Å². The van der Waals surface area contributed by atoms with Gasteiger partial charge in [-0.3, -0.25) is 4.79 Å². The van der Waals surface area contributed by atoms with E-state index in [2.05, 4.69) is 22.0 Å². The Labute approximate surface area is 113 Å². The summed E-state index contributed by atoms with van der Waals surface area (Å²) in [6.45, 7) is 4.40. The van der Waals surface area contributed by atoms with E-state index in [4.69, 9.17) is 11.6 Å². The summed E-state index contributed by atoms with van der Waals surface area (Å²) in [5.41, 5.74) is 2.82. The third kappa shape index (κ3) is 2.77. The van der Waals surface area contributed by atoms with Gasteiger partial charge in [-0.2, -0.15) is 5.10 Å². The molecule has 2 aromatic heterocycles. The van der Waals surface area contributed by atoms with Gasteiger partial charge >= 0.3 is 0 Å².